The van der Waals surface area contributed by atoms with E-state index in [1.807, 2.05) is 0 Å². The van der Waals surface area contributed by atoms with Crippen molar-refractivity contribution >= 4 is 5.97 Å². The second-order valence-corrected chi connectivity index (χ2v) is 4.76. The molecule has 1 aromatic heterocycles. The molecule has 0 aliphatic heterocycles. The molecule has 1 heterocycles. The minimum absolute atomic E-state index is 0.326. The summed E-state index contributed by atoms with van der Waals surface area (Å²) in [6.45, 7) is 3.61. The molecule has 1 N–H and O–H groups in total. The Morgan fingerprint density at radius 3 is 3.00 bits per heavy atom. The summed E-state index contributed by atoms with van der Waals surface area (Å²) in [6, 6.07) is 0.629. The maximum atomic E-state index is 11.8. The van der Waals surface area contributed by atoms with Crippen molar-refractivity contribution in [3.8, 4) is 0 Å². The highest BCUT2D eigenvalue weighted by atomic mass is 16.4. The van der Waals surface area contributed by atoms with E-state index in [9.17, 15) is 9.59 Å². The third-order valence-corrected chi connectivity index (χ3v) is 3.29. The molecule has 0 saturated heterocycles. The Bertz CT molecular complexity index is 507. The Morgan fingerprint density at radius 2 is 2.35 bits per heavy atom. The van der Waals surface area contributed by atoms with Crippen molar-refractivity contribution < 1.29 is 9.90 Å². The molecule has 1 aliphatic carbocycles. The van der Waals surface area contributed by atoms with Crippen LogP contribution < -0.4 is 5.56 Å². The van der Waals surface area contributed by atoms with Crippen molar-refractivity contribution in [1.29, 1.82) is 0 Å². The monoisotopic (exact) mass is 236 g/mol. The van der Waals surface area contributed by atoms with Crippen molar-refractivity contribution in [3.05, 3.63) is 27.7 Å². The maximum absolute atomic E-state index is 11.8. The van der Waals surface area contributed by atoms with E-state index in [-0.39, 0.29) is 5.56 Å². The van der Waals surface area contributed by atoms with Crippen LogP contribution in [0.1, 0.15) is 37.6 Å². The van der Waals surface area contributed by atoms with Gasteiger partial charge in [0.1, 0.15) is 0 Å². The van der Waals surface area contributed by atoms with Crippen LogP contribution in [0.5, 0.6) is 0 Å². The summed E-state index contributed by atoms with van der Waals surface area (Å²) in [5.74, 6) is -0.472. The van der Waals surface area contributed by atoms with Crippen molar-refractivity contribution in [2.45, 2.75) is 39.2 Å². The molecule has 5 heteroatoms. The lowest BCUT2D eigenvalue weighted by Crippen LogP contribution is -2.32. The molecular formula is C12H16N2O3. The SMILES string of the molecule is C[C@@H]1CCc2nn([C@H](C)C(=O)O)c(=O)cc2C1. The molecule has 5 nitrogen and oxygen atoms in total. The molecule has 0 bridgehead atoms. The van der Waals surface area contributed by atoms with E-state index in [2.05, 4.69) is 12.0 Å². The molecule has 92 valence electrons. The molecule has 0 radical (unpaired) electrons. The lowest BCUT2D eigenvalue weighted by molar-refractivity contribution is -0.140. The summed E-state index contributed by atoms with van der Waals surface area (Å²) in [5, 5.41) is 13.1. The van der Waals surface area contributed by atoms with E-state index in [1.165, 1.54) is 13.0 Å². The van der Waals surface area contributed by atoms with Crippen LogP contribution in [0.25, 0.3) is 0 Å². The third-order valence-electron chi connectivity index (χ3n) is 3.29. The quantitative estimate of drug-likeness (QED) is 0.832. The van der Waals surface area contributed by atoms with Crippen LogP contribution in [-0.4, -0.2) is 20.9 Å². The molecule has 2 atom stereocenters. The van der Waals surface area contributed by atoms with Crippen LogP contribution in [0.15, 0.2) is 10.9 Å². The number of carboxylic acids is 1. The average Bonchev–Trinajstić information content (AvgIpc) is 2.27. The minimum atomic E-state index is -1.04. The summed E-state index contributed by atoms with van der Waals surface area (Å²) >= 11 is 0. The van der Waals surface area contributed by atoms with E-state index in [0.29, 0.717) is 5.92 Å². The van der Waals surface area contributed by atoms with Gasteiger partial charge < -0.3 is 5.11 Å². The van der Waals surface area contributed by atoms with Crippen molar-refractivity contribution in [2.75, 3.05) is 0 Å². The van der Waals surface area contributed by atoms with Crippen molar-refractivity contribution in [3.63, 3.8) is 0 Å². The topological polar surface area (TPSA) is 72.2 Å². The highest BCUT2D eigenvalue weighted by molar-refractivity contribution is 5.71. The van der Waals surface area contributed by atoms with Gasteiger partial charge in [0.25, 0.3) is 5.56 Å². The van der Waals surface area contributed by atoms with E-state index < -0.39 is 12.0 Å². The predicted octanol–water partition coefficient (Wildman–Crippen LogP) is 1.01. The Hall–Kier alpha value is -1.65. The number of hydrogen-bond acceptors (Lipinski definition) is 3. The first kappa shape index (κ1) is 11.8. The first-order chi connectivity index (χ1) is 7.99. The van der Waals surface area contributed by atoms with Gasteiger partial charge in [-0.2, -0.15) is 5.10 Å². The van der Waals surface area contributed by atoms with Gasteiger partial charge in [-0.05, 0) is 37.7 Å². The third kappa shape index (κ3) is 2.23. The molecule has 0 saturated carbocycles. The molecule has 0 amide bonds. The summed E-state index contributed by atoms with van der Waals surface area (Å²) < 4.78 is 1.07. The molecule has 1 aromatic rings. The van der Waals surface area contributed by atoms with Crippen LogP contribution in [-0.2, 0) is 17.6 Å². The molecule has 1 aliphatic rings. The van der Waals surface area contributed by atoms with Gasteiger partial charge in [-0.3, -0.25) is 4.79 Å². The van der Waals surface area contributed by atoms with Crippen LogP contribution in [0.3, 0.4) is 0 Å². The van der Waals surface area contributed by atoms with E-state index in [4.69, 9.17) is 5.11 Å². The number of aromatic nitrogens is 2. The van der Waals surface area contributed by atoms with Crippen LogP contribution >= 0.6 is 0 Å². The van der Waals surface area contributed by atoms with Gasteiger partial charge in [-0.25, -0.2) is 9.48 Å². The minimum Gasteiger partial charge on any atom is -0.480 e. The van der Waals surface area contributed by atoms with Crippen LogP contribution in [0.4, 0.5) is 0 Å². The normalized spacial score (nSPS) is 20.7. The van der Waals surface area contributed by atoms with E-state index in [1.54, 1.807) is 0 Å². The fourth-order valence-corrected chi connectivity index (χ4v) is 2.17. The largest absolute Gasteiger partial charge is 0.480 e. The van der Waals surface area contributed by atoms with Crippen LogP contribution in [0.2, 0.25) is 0 Å². The first-order valence-electron chi connectivity index (χ1n) is 5.83. The maximum Gasteiger partial charge on any atom is 0.328 e. The fraction of sp³-hybridized carbons (Fsp3) is 0.583. The van der Waals surface area contributed by atoms with Gasteiger partial charge in [0.2, 0.25) is 0 Å². The Kier molecular flexibility index (Phi) is 3.00. The van der Waals surface area contributed by atoms with Gasteiger partial charge in [-0.15, -0.1) is 0 Å². The van der Waals surface area contributed by atoms with Crippen LogP contribution in [0, 0.1) is 5.92 Å². The zero-order valence-electron chi connectivity index (χ0n) is 10.0. The van der Waals surface area contributed by atoms with Crippen molar-refractivity contribution in [1.82, 2.24) is 9.78 Å². The zero-order chi connectivity index (χ0) is 12.6. The van der Waals surface area contributed by atoms with Gasteiger partial charge in [-0.1, -0.05) is 6.92 Å². The lowest BCUT2D eigenvalue weighted by atomic mass is 9.88. The average molecular weight is 236 g/mol. The molecule has 17 heavy (non-hydrogen) atoms. The number of aliphatic carboxylic acids is 1. The number of rotatable bonds is 2. The number of carbonyl (C=O) groups is 1. The zero-order valence-corrected chi connectivity index (χ0v) is 10.0. The number of nitrogens with zero attached hydrogens (tertiary/aromatic N) is 2. The van der Waals surface area contributed by atoms with Gasteiger partial charge in [0.05, 0.1) is 5.69 Å². The van der Waals surface area contributed by atoms with E-state index in [0.717, 1.165) is 35.2 Å². The standard InChI is InChI=1S/C12H16N2O3/c1-7-3-4-10-9(5-7)6-11(15)14(13-10)8(2)12(16)17/h6-8H,3-5H2,1-2H3,(H,16,17)/t7-,8-/m1/s1. The van der Waals surface area contributed by atoms with Gasteiger partial charge >= 0.3 is 5.97 Å². The van der Waals surface area contributed by atoms with Crippen molar-refractivity contribution in [2.24, 2.45) is 5.92 Å². The Balaban J connectivity index is 2.45. The number of fused-ring (bicyclic) bond motifs is 1. The Morgan fingerprint density at radius 1 is 1.65 bits per heavy atom. The molecule has 2 rings (SSSR count). The summed E-state index contributed by atoms with van der Waals surface area (Å²) in [7, 11) is 0. The molecule has 0 unspecified atom stereocenters. The second kappa shape index (κ2) is 4.31. The van der Waals surface area contributed by atoms with Gasteiger partial charge in [0.15, 0.2) is 6.04 Å². The van der Waals surface area contributed by atoms with Gasteiger partial charge in [0, 0.05) is 6.07 Å². The summed E-state index contributed by atoms with van der Waals surface area (Å²) in [5.41, 5.74) is 1.52. The lowest BCUT2D eigenvalue weighted by Gasteiger charge is -2.21. The number of aryl methyl sites for hydroxylation is 1. The number of hydrogen-bond donors (Lipinski definition) is 1. The highest BCUT2D eigenvalue weighted by Gasteiger charge is 2.21. The first-order valence-corrected chi connectivity index (χ1v) is 5.83. The predicted molar refractivity (Wildman–Crippen MR) is 62.0 cm³/mol. The van der Waals surface area contributed by atoms with E-state index >= 15 is 0 Å². The fourth-order valence-electron chi connectivity index (χ4n) is 2.17. The second-order valence-electron chi connectivity index (χ2n) is 4.76. The Labute approximate surface area is 99.1 Å². The highest BCUT2D eigenvalue weighted by Crippen LogP contribution is 2.22. The smallest absolute Gasteiger partial charge is 0.328 e. The molecular weight excluding hydrogens is 220 g/mol. The molecule has 0 spiro atoms. The molecule has 0 fully saturated rings. The summed E-state index contributed by atoms with van der Waals surface area (Å²) in [4.78, 5) is 22.7. The summed E-state index contributed by atoms with van der Waals surface area (Å²) in [6.07, 6.45) is 2.72. The number of carboxylic acid groups (broad SMARTS) is 1. The molecule has 0 aromatic carbocycles.